The van der Waals surface area contributed by atoms with E-state index in [0.717, 1.165) is 32.1 Å². The second kappa shape index (κ2) is 9.68. The van der Waals surface area contributed by atoms with Crippen LogP contribution in [0.25, 0.3) is 6.08 Å². The zero-order valence-electron chi connectivity index (χ0n) is 14.9. The van der Waals surface area contributed by atoms with Crippen molar-refractivity contribution >= 4 is 37.0 Å². The van der Waals surface area contributed by atoms with Gasteiger partial charge < -0.3 is 18.9 Å². The van der Waals surface area contributed by atoms with E-state index in [2.05, 4.69) is 4.74 Å². The fraction of sp³-hybridized carbons (Fsp3) is 0.438. The number of nitro benzene ring substituents is 1. The number of carbonyl (C=O) groups is 1. The molecule has 1 aliphatic heterocycles. The number of nitrogens with zero attached hydrogens (tertiary/aromatic N) is 2. The number of methoxy groups -OCH3 is 1. The molecule has 8 nitrogen and oxygen atoms in total. The number of halogens is 2. The molecule has 1 aromatic carbocycles. The van der Waals surface area contributed by atoms with E-state index >= 15 is 0 Å². The van der Waals surface area contributed by atoms with Crippen LogP contribution < -0.4 is 4.74 Å². The average molecular weight is 400 g/mol. The van der Waals surface area contributed by atoms with Crippen molar-refractivity contribution in [2.75, 3.05) is 33.9 Å². The van der Waals surface area contributed by atoms with E-state index in [-0.39, 0.29) is 10.6 Å². The lowest BCUT2D eigenvalue weighted by atomic mass is 9.97. The van der Waals surface area contributed by atoms with Gasteiger partial charge in [0, 0.05) is 19.2 Å². The number of nitro groups is 1. The van der Waals surface area contributed by atoms with Gasteiger partial charge in [-0.3, -0.25) is 10.1 Å². The smallest absolute Gasteiger partial charge is 0.398 e. The third-order valence-electron chi connectivity index (χ3n) is 3.88. The second-order valence-electron chi connectivity index (χ2n) is 5.78. The molecule has 1 fully saturated rings. The lowest BCUT2D eigenvalue weighted by Crippen LogP contribution is -2.35. The molecule has 0 aliphatic carbocycles. The van der Waals surface area contributed by atoms with Crippen LogP contribution in [0.5, 0.6) is 5.75 Å². The van der Waals surface area contributed by atoms with Crippen molar-refractivity contribution in [1.29, 1.82) is 0 Å². The summed E-state index contributed by atoms with van der Waals surface area (Å²) < 4.78 is 29.2. The zero-order chi connectivity index (χ0) is 20.0. The van der Waals surface area contributed by atoms with Gasteiger partial charge in [0.1, 0.15) is 0 Å². The van der Waals surface area contributed by atoms with E-state index in [4.69, 9.17) is 21.0 Å². The van der Waals surface area contributed by atoms with Crippen molar-refractivity contribution < 1.29 is 28.2 Å². The molecular formula is C16H18BClFN2O6. The van der Waals surface area contributed by atoms with Crippen LogP contribution in [0, 0.1) is 15.9 Å². The van der Waals surface area contributed by atoms with E-state index in [1.165, 1.54) is 19.3 Å². The summed E-state index contributed by atoms with van der Waals surface area (Å²) in [5.41, 5.74) is -0.0669. The first kappa shape index (κ1) is 21.1. The highest BCUT2D eigenvalue weighted by Crippen LogP contribution is 2.40. The van der Waals surface area contributed by atoms with Crippen LogP contribution in [-0.4, -0.2) is 57.2 Å². The number of piperidine rings is 1. The first-order chi connectivity index (χ1) is 12.9. The summed E-state index contributed by atoms with van der Waals surface area (Å²) in [5.74, 6) is -2.36. The molecule has 1 heterocycles. The van der Waals surface area contributed by atoms with Gasteiger partial charge in [0.2, 0.25) is 11.6 Å². The van der Waals surface area contributed by atoms with Crippen LogP contribution in [0.15, 0.2) is 11.6 Å². The van der Waals surface area contributed by atoms with E-state index in [9.17, 15) is 19.3 Å². The largest absolute Gasteiger partial charge is 0.474 e. The Labute approximate surface area is 161 Å². The lowest BCUT2D eigenvalue weighted by molar-refractivity contribution is -0.388. The summed E-state index contributed by atoms with van der Waals surface area (Å²) >= 11 is 6.06. The summed E-state index contributed by atoms with van der Waals surface area (Å²) in [7, 11) is 4.24. The number of benzene rings is 1. The molecule has 0 unspecified atom stereocenters. The Kier molecular flexibility index (Phi) is 7.58. The van der Waals surface area contributed by atoms with Gasteiger partial charge in [0.15, 0.2) is 6.61 Å². The maximum atomic E-state index is 14.8. The van der Waals surface area contributed by atoms with Crippen molar-refractivity contribution in [3.05, 3.63) is 38.2 Å². The van der Waals surface area contributed by atoms with E-state index in [0.29, 0.717) is 6.54 Å². The normalized spacial score (nSPS) is 16.2. The SMILES string of the molecule is CO[B]N1CCCC(=Cc2cc(Cl)c(OCC(=O)OC)c([N+](=O)[O-])c2F)C1. The minimum absolute atomic E-state index is 0.0219. The summed E-state index contributed by atoms with van der Waals surface area (Å²) in [6, 6.07) is 1.24. The molecule has 11 heteroatoms. The van der Waals surface area contributed by atoms with Gasteiger partial charge in [0.05, 0.1) is 17.1 Å². The van der Waals surface area contributed by atoms with Gasteiger partial charge in [0.25, 0.3) is 0 Å². The Morgan fingerprint density at radius 3 is 2.89 bits per heavy atom. The number of carbonyl (C=O) groups excluding carboxylic acids is 1. The molecule has 1 saturated heterocycles. The van der Waals surface area contributed by atoms with Crippen molar-refractivity contribution in [2.45, 2.75) is 12.8 Å². The Morgan fingerprint density at radius 1 is 1.52 bits per heavy atom. The predicted octanol–water partition coefficient (Wildman–Crippen LogP) is 2.60. The van der Waals surface area contributed by atoms with Crippen LogP contribution in [0.4, 0.5) is 10.1 Å². The standard InChI is InChI=1S/C16H18BClFN2O6/c1-25-13(22)9-27-16-12(18)7-11(14(19)15(16)21(23)24)6-10-4-3-5-20(8-10)17-26-2/h6-7H,3-5,8-9H2,1-2H3. The molecule has 1 aliphatic rings. The van der Waals surface area contributed by atoms with Crippen molar-refractivity contribution in [1.82, 2.24) is 4.81 Å². The van der Waals surface area contributed by atoms with E-state index in [1.807, 2.05) is 4.81 Å². The quantitative estimate of drug-likeness (QED) is 0.301. The molecular weight excluding hydrogens is 381 g/mol. The lowest BCUT2D eigenvalue weighted by Gasteiger charge is -2.27. The molecule has 1 radical (unpaired) electrons. The minimum atomic E-state index is -1.08. The van der Waals surface area contributed by atoms with Crippen LogP contribution in [0.3, 0.4) is 0 Å². The maximum absolute atomic E-state index is 14.8. The Morgan fingerprint density at radius 2 is 2.26 bits per heavy atom. The van der Waals surface area contributed by atoms with Gasteiger partial charge in [-0.05, 0) is 25.5 Å². The summed E-state index contributed by atoms with van der Waals surface area (Å²) in [6.07, 6.45) is 3.09. The monoisotopic (exact) mass is 399 g/mol. The highest BCUT2D eigenvalue weighted by atomic mass is 35.5. The fourth-order valence-electron chi connectivity index (χ4n) is 2.72. The number of ether oxygens (including phenoxy) is 2. The van der Waals surface area contributed by atoms with Crippen LogP contribution >= 0.6 is 11.6 Å². The van der Waals surface area contributed by atoms with Crippen LogP contribution in [-0.2, 0) is 14.2 Å². The first-order valence-electron chi connectivity index (χ1n) is 8.03. The maximum Gasteiger partial charge on any atom is 0.398 e. The van der Waals surface area contributed by atoms with Gasteiger partial charge >= 0.3 is 19.3 Å². The van der Waals surface area contributed by atoms with Gasteiger partial charge in [-0.1, -0.05) is 23.3 Å². The number of hydrogen-bond acceptors (Lipinski definition) is 7. The van der Waals surface area contributed by atoms with Crippen molar-refractivity contribution in [2.24, 2.45) is 0 Å². The second-order valence-corrected chi connectivity index (χ2v) is 6.19. The highest BCUT2D eigenvalue weighted by Gasteiger charge is 2.29. The third-order valence-corrected chi connectivity index (χ3v) is 4.16. The van der Waals surface area contributed by atoms with Gasteiger partial charge in [-0.25, -0.2) is 4.79 Å². The minimum Gasteiger partial charge on any atom is -0.474 e. The number of esters is 1. The van der Waals surface area contributed by atoms with E-state index < -0.39 is 34.8 Å². The zero-order valence-corrected chi connectivity index (χ0v) is 15.6. The molecule has 2 rings (SSSR count). The molecule has 0 saturated carbocycles. The Hall–Kier alpha value is -2.17. The molecule has 27 heavy (non-hydrogen) atoms. The summed E-state index contributed by atoms with van der Waals surface area (Å²) in [4.78, 5) is 23.5. The molecule has 0 bridgehead atoms. The predicted molar refractivity (Wildman–Crippen MR) is 97.1 cm³/mol. The molecule has 0 amide bonds. The summed E-state index contributed by atoms with van der Waals surface area (Å²) in [5, 5.41) is 11.2. The topological polar surface area (TPSA) is 91.1 Å². The summed E-state index contributed by atoms with van der Waals surface area (Å²) in [6.45, 7) is 0.687. The van der Waals surface area contributed by atoms with Crippen LogP contribution in [0.1, 0.15) is 18.4 Å². The van der Waals surface area contributed by atoms with Gasteiger partial charge in [-0.2, -0.15) is 4.39 Å². The third kappa shape index (κ3) is 5.41. The van der Waals surface area contributed by atoms with Crippen molar-refractivity contribution in [3.8, 4) is 5.75 Å². The van der Waals surface area contributed by atoms with Gasteiger partial charge in [-0.15, -0.1) is 0 Å². The Bertz CT molecular complexity index is 759. The molecule has 0 atom stereocenters. The van der Waals surface area contributed by atoms with Crippen molar-refractivity contribution in [3.63, 3.8) is 0 Å². The Balaban J connectivity index is 2.37. The highest BCUT2D eigenvalue weighted by molar-refractivity contribution is 6.32. The molecule has 0 N–H and O–H groups in total. The van der Waals surface area contributed by atoms with E-state index in [1.54, 1.807) is 7.62 Å². The molecule has 145 valence electrons. The van der Waals surface area contributed by atoms with Crippen LogP contribution in [0.2, 0.25) is 5.02 Å². The molecule has 0 spiro atoms. The number of rotatable bonds is 7. The fourth-order valence-corrected chi connectivity index (χ4v) is 2.98. The first-order valence-corrected chi connectivity index (χ1v) is 8.40. The molecule has 0 aromatic heterocycles. The molecule has 1 aromatic rings. The average Bonchev–Trinajstić information content (AvgIpc) is 2.63. The number of hydrogen-bond donors (Lipinski definition) is 0.